The molecule has 0 aliphatic carbocycles. The largest absolute Gasteiger partial charge is 0.273 e. The minimum atomic E-state index is -0.318. The average Bonchev–Trinajstić information content (AvgIpc) is 2.80. The van der Waals surface area contributed by atoms with Gasteiger partial charge in [0.05, 0.1) is 13.0 Å². The number of amides is 1. The number of halogens is 1. The Labute approximate surface area is 98.8 Å². The van der Waals surface area contributed by atoms with Gasteiger partial charge >= 0.3 is 0 Å². The molecule has 88 valence electrons. The van der Waals surface area contributed by atoms with E-state index in [0.29, 0.717) is 13.1 Å². The smallest absolute Gasteiger partial charge is 0.246 e. The van der Waals surface area contributed by atoms with Crippen molar-refractivity contribution in [3.8, 4) is 6.19 Å². The molecule has 0 atom stereocenters. The van der Waals surface area contributed by atoms with Gasteiger partial charge in [0.25, 0.3) is 0 Å². The molecule has 1 heterocycles. The van der Waals surface area contributed by atoms with Crippen LogP contribution in [0.15, 0.2) is 24.3 Å². The van der Waals surface area contributed by atoms with E-state index in [0.717, 1.165) is 12.0 Å². The van der Waals surface area contributed by atoms with Gasteiger partial charge in [0, 0.05) is 6.54 Å². The molecule has 17 heavy (non-hydrogen) atoms. The van der Waals surface area contributed by atoms with Crippen LogP contribution in [-0.4, -0.2) is 29.0 Å². The quantitative estimate of drug-likeness (QED) is 0.723. The second-order valence-corrected chi connectivity index (χ2v) is 3.90. The number of carbonyl (C=O) groups is 1. The molecule has 1 fully saturated rings. The normalized spacial score (nSPS) is 14.8. The fourth-order valence-corrected chi connectivity index (χ4v) is 1.84. The van der Waals surface area contributed by atoms with Gasteiger partial charge in [0.15, 0.2) is 6.19 Å². The van der Waals surface area contributed by atoms with Crippen LogP contribution in [0, 0.1) is 17.3 Å². The molecule has 0 radical (unpaired) electrons. The Morgan fingerprint density at radius 1 is 1.35 bits per heavy atom. The fraction of sp³-hybridized carbons (Fsp3) is 0.333. The lowest BCUT2D eigenvalue weighted by molar-refractivity contribution is -0.138. The molecule has 0 spiro atoms. The Morgan fingerprint density at radius 3 is 2.71 bits per heavy atom. The molecule has 4 nitrogen and oxygen atoms in total. The monoisotopic (exact) mass is 233 g/mol. The summed E-state index contributed by atoms with van der Waals surface area (Å²) in [5.74, 6) is -0.448. The summed E-state index contributed by atoms with van der Waals surface area (Å²) in [5, 5.41) is 11.6. The van der Waals surface area contributed by atoms with Crippen molar-refractivity contribution >= 4 is 5.91 Å². The molecule has 1 aromatic carbocycles. The molecule has 5 heteroatoms. The number of nitriles is 1. The van der Waals surface area contributed by atoms with E-state index in [9.17, 15) is 9.18 Å². The summed E-state index contributed by atoms with van der Waals surface area (Å²) < 4.78 is 12.7. The first-order valence-corrected chi connectivity index (χ1v) is 5.42. The molecular weight excluding hydrogens is 221 g/mol. The van der Waals surface area contributed by atoms with Crippen LogP contribution in [0.1, 0.15) is 12.0 Å². The number of rotatable bonds is 2. The lowest BCUT2D eigenvalue weighted by atomic mass is 10.1. The zero-order valence-electron chi connectivity index (χ0n) is 9.27. The maximum Gasteiger partial charge on any atom is 0.246 e. The third kappa shape index (κ3) is 2.53. The van der Waals surface area contributed by atoms with Gasteiger partial charge in [-0.05, 0) is 24.1 Å². The van der Waals surface area contributed by atoms with E-state index in [-0.39, 0.29) is 18.1 Å². The highest BCUT2D eigenvalue weighted by atomic mass is 19.1. The van der Waals surface area contributed by atoms with E-state index in [1.54, 1.807) is 12.1 Å². The van der Waals surface area contributed by atoms with Crippen LogP contribution in [0.25, 0.3) is 0 Å². The van der Waals surface area contributed by atoms with E-state index < -0.39 is 0 Å². The van der Waals surface area contributed by atoms with Crippen molar-refractivity contribution in [2.75, 3.05) is 13.1 Å². The summed E-state index contributed by atoms with van der Waals surface area (Å²) in [7, 11) is 0. The molecule has 0 aromatic heterocycles. The van der Waals surface area contributed by atoms with E-state index in [1.807, 2.05) is 6.19 Å². The first kappa shape index (κ1) is 11.4. The van der Waals surface area contributed by atoms with Crippen LogP contribution >= 0.6 is 0 Å². The highest BCUT2D eigenvalue weighted by Gasteiger charge is 2.25. The first-order chi connectivity index (χ1) is 8.20. The number of benzene rings is 1. The van der Waals surface area contributed by atoms with E-state index >= 15 is 0 Å². The van der Waals surface area contributed by atoms with Crippen molar-refractivity contribution < 1.29 is 9.18 Å². The third-order valence-corrected chi connectivity index (χ3v) is 2.70. The van der Waals surface area contributed by atoms with Crippen LogP contribution < -0.4 is 0 Å². The van der Waals surface area contributed by atoms with E-state index in [4.69, 9.17) is 5.26 Å². The minimum absolute atomic E-state index is 0.129. The second-order valence-electron chi connectivity index (χ2n) is 3.90. The predicted octanol–water partition coefficient (Wildman–Crippen LogP) is 1.30. The van der Waals surface area contributed by atoms with Crippen molar-refractivity contribution in [2.45, 2.75) is 12.8 Å². The maximum atomic E-state index is 12.7. The number of carbonyl (C=O) groups excluding carboxylic acids is 1. The van der Waals surface area contributed by atoms with Crippen LogP contribution in [0.2, 0.25) is 0 Å². The molecule has 0 N–H and O–H groups in total. The Balaban J connectivity index is 2.02. The van der Waals surface area contributed by atoms with Crippen LogP contribution in [0.5, 0.6) is 0 Å². The molecule has 1 saturated heterocycles. The third-order valence-electron chi connectivity index (χ3n) is 2.70. The van der Waals surface area contributed by atoms with Gasteiger partial charge in [-0.2, -0.15) is 5.26 Å². The molecule has 1 amide bonds. The van der Waals surface area contributed by atoms with Crippen LogP contribution in [0.4, 0.5) is 4.39 Å². The summed E-state index contributed by atoms with van der Waals surface area (Å²) in [5.41, 5.74) is 0.751. The highest BCUT2D eigenvalue weighted by molar-refractivity contribution is 5.78. The molecule has 1 aliphatic rings. The summed E-state index contributed by atoms with van der Waals surface area (Å²) in [6.45, 7) is 1.17. The Morgan fingerprint density at radius 2 is 2.06 bits per heavy atom. The van der Waals surface area contributed by atoms with Crippen molar-refractivity contribution in [3.05, 3.63) is 35.6 Å². The SMILES string of the molecule is N#CN1CCCN1C(=O)Cc1ccc(F)cc1. The van der Waals surface area contributed by atoms with Crippen molar-refractivity contribution in [1.29, 1.82) is 5.26 Å². The Hall–Kier alpha value is -2.09. The predicted molar refractivity (Wildman–Crippen MR) is 58.8 cm³/mol. The summed E-state index contributed by atoms with van der Waals surface area (Å²) in [6, 6.07) is 5.82. The Bertz CT molecular complexity index is 452. The molecular formula is C12H12FN3O. The number of hydrogen-bond acceptors (Lipinski definition) is 3. The van der Waals surface area contributed by atoms with Gasteiger partial charge in [0.2, 0.25) is 5.91 Å². The average molecular weight is 233 g/mol. The van der Waals surface area contributed by atoms with Crippen LogP contribution in [0.3, 0.4) is 0 Å². The zero-order chi connectivity index (χ0) is 12.3. The fourth-order valence-electron chi connectivity index (χ4n) is 1.84. The maximum absolute atomic E-state index is 12.7. The lowest BCUT2D eigenvalue weighted by Gasteiger charge is -2.22. The molecule has 0 bridgehead atoms. The lowest BCUT2D eigenvalue weighted by Crippen LogP contribution is -2.39. The summed E-state index contributed by atoms with van der Waals surface area (Å²) >= 11 is 0. The Kier molecular flexibility index (Phi) is 3.24. The molecule has 1 aliphatic heterocycles. The topological polar surface area (TPSA) is 47.3 Å². The number of nitrogens with zero attached hydrogens (tertiary/aromatic N) is 3. The summed E-state index contributed by atoms with van der Waals surface area (Å²) in [6.07, 6.45) is 2.97. The van der Waals surface area contributed by atoms with E-state index in [1.165, 1.54) is 22.2 Å². The van der Waals surface area contributed by atoms with E-state index in [2.05, 4.69) is 0 Å². The van der Waals surface area contributed by atoms with Gasteiger partial charge in [-0.15, -0.1) is 0 Å². The van der Waals surface area contributed by atoms with Gasteiger partial charge < -0.3 is 0 Å². The van der Waals surface area contributed by atoms with Crippen molar-refractivity contribution in [3.63, 3.8) is 0 Å². The summed E-state index contributed by atoms with van der Waals surface area (Å²) in [4.78, 5) is 11.9. The van der Waals surface area contributed by atoms with Gasteiger partial charge in [0.1, 0.15) is 5.82 Å². The minimum Gasteiger partial charge on any atom is -0.273 e. The van der Waals surface area contributed by atoms with Crippen molar-refractivity contribution in [1.82, 2.24) is 10.0 Å². The molecule has 1 aromatic rings. The first-order valence-electron chi connectivity index (χ1n) is 5.42. The van der Waals surface area contributed by atoms with Gasteiger partial charge in [-0.25, -0.2) is 14.4 Å². The zero-order valence-corrected chi connectivity index (χ0v) is 9.27. The molecule has 0 saturated carbocycles. The van der Waals surface area contributed by atoms with Gasteiger partial charge in [-0.3, -0.25) is 4.79 Å². The number of hydrazine groups is 1. The van der Waals surface area contributed by atoms with Crippen LogP contribution in [-0.2, 0) is 11.2 Å². The van der Waals surface area contributed by atoms with Gasteiger partial charge in [-0.1, -0.05) is 12.1 Å². The molecule has 2 rings (SSSR count). The molecule has 0 unspecified atom stereocenters. The number of hydrogen-bond donors (Lipinski definition) is 0. The van der Waals surface area contributed by atoms with Crippen molar-refractivity contribution in [2.24, 2.45) is 0 Å². The highest BCUT2D eigenvalue weighted by Crippen LogP contribution is 2.12. The second kappa shape index (κ2) is 4.83. The standard InChI is InChI=1S/C12H12FN3O/c13-11-4-2-10(3-5-11)8-12(17)16-7-1-6-15(16)9-14/h2-5H,1,6-8H2.